The van der Waals surface area contributed by atoms with Crippen molar-refractivity contribution in [2.45, 2.75) is 45.1 Å². The standard InChI is InChI=1S/C23H32N4O3S/c1-16-12-17(2)22(18(3)13-16)31(29,30)27-10-7-20(8-11-27)23(28)25-15-19-6-9-24-21(14-19)26(4)5/h6,9,12-14,20H,7-8,10-11,15H2,1-5H3,(H,25,28). The zero-order valence-corrected chi connectivity index (χ0v) is 19.8. The minimum absolute atomic E-state index is 0.0250. The lowest BCUT2D eigenvalue weighted by Gasteiger charge is -2.31. The molecule has 0 radical (unpaired) electrons. The number of sulfonamides is 1. The number of rotatable bonds is 6. The van der Waals surface area contributed by atoms with Crippen LogP contribution in [0.25, 0.3) is 0 Å². The number of nitrogens with one attached hydrogen (secondary N) is 1. The first kappa shape index (κ1) is 23.2. The summed E-state index contributed by atoms with van der Waals surface area (Å²) in [5, 5.41) is 2.99. The number of hydrogen-bond acceptors (Lipinski definition) is 5. The van der Waals surface area contributed by atoms with Crippen molar-refractivity contribution in [3.05, 3.63) is 52.7 Å². The first-order valence-corrected chi connectivity index (χ1v) is 12.0. The van der Waals surface area contributed by atoms with Crippen LogP contribution in [-0.4, -0.2) is 50.8 Å². The van der Waals surface area contributed by atoms with E-state index < -0.39 is 10.0 Å². The van der Waals surface area contributed by atoms with Crippen molar-refractivity contribution in [1.82, 2.24) is 14.6 Å². The van der Waals surface area contributed by atoms with Crippen molar-refractivity contribution in [3.8, 4) is 0 Å². The van der Waals surface area contributed by atoms with Crippen LogP contribution >= 0.6 is 0 Å². The molecular weight excluding hydrogens is 412 g/mol. The predicted molar refractivity (Wildman–Crippen MR) is 123 cm³/mol. The Bertz CT molecular complexity index is 1040. The average Bonchev–Trinajstić information content (AvgIpc) is 2.71. The number of aromatic nitrogens is 1. The van der Waals surface area contributed by atoms with Gasteiger partial charge in [-0.3, -0.25) is 4.79 Å². The van der Waals surface area contributed by atoms with E-state index >= 15 is 0 Å². The van der Waals surface area contributed by atoms with Gasteiger partial charge in [0.15, 0.2) is 0 Å². The van der Waals surface area contributed by atoms with Crippen LogP contribution in [0.4, 0.5) is 5.82 Å². The van der Waals surface area contributed by atoms with Crippen LogP contribution in [0, 0.1) is 26.7 Å². The molecule has 1 saturated heterocycles. The summed E-state index contributed by atoms with van der Waals surface area (Å²) >= 11 is 0. The normalized spacial score (nSPS) is 15.6. The second kappa shape index (κ2) is 9.36. The smallest absolute Gasteiger partial charge is 0.243 e. The SMILES string of the molecule is Cc1cc(C)c(S(=O)(=O)N2CCC(C(=O)NCc3ccnc(N(C)C)c3)CC2)c(C)c1. The molecule has 8 heteroatoms. The number of piperidine rings is 1. The molecule has 0 bridgehead atoms. The molecule has 0 atom stereocenters. The second-order valence-corrected chi connectivity index (χ2v) is 10.4. The largest absolute Gasteiger partial charge is 0.363 e. The topological polar surface area (TPSA) is 82.6 Å². The van der Waals surface area contributed by atoms with Crippen molar-refractivity contribution in [2.75, 3.05) is 32.1 Å². The third kappa shape index (κ3) is 5.25. The molecule has 0 unspecified atom stereocenters. The number of nitrogens with zero attached hydrogens (tertiary/aromatic N) is 3. The highest BCUT2D eigenvalue weighted by Crippen LogP contribution is 2.29. The van der Waals surface area contributed by atoms with Gasteiger partial charge in [-0.25, -0.2) is 13.4 Å². The molecule has 1 aliphatic rings. The van der Waals surface area contributed by atoms with E-state index in [1.54, 1.807) is 6.20 Å². The van der Waals surface area contributed by atoms with Gasteiger partial charge in [0.25, 0.3) is 0 Å². The van der Waals surface area contributed by atoms with E-state index in [2.05, 4.69) is 10.3 Å². The van der Waals surface area contributed by atoms with Gasteiger partial charge in [-0.15, -0.1) is 0 Å². The minimum atomic E-state index is -3.57. The van der Waals surface area contributed by atoms with Gasteiger partial charge in [0, 0.05) is 45.8 Å². The van der Waals surface area contributed by atoms with E-state index in [0.29, 0.717) is 37.4 Å². The molecule has 1 aromatic carbocycles. The molecule has 3 rings (SSSR count). The number of carbonyl (C=O) groups excluding carboxylic acids is 1. The second-order valence-electron chi connectivity index (χ2n) is 8.54. The van der Waals surface area contributed by atoms with Crippen molar-refractivity contribution in [3.63, 3.8) is 0 Å². The van der Waals surface area contributed by atoms with Crippen LogP contribution in [-0.2, 0) is 21.4 Å². The average molecular weight is 445 g/mol. The third-order valence-corrected chi connectivity index (χ3v) is 7.97. The van der Waals surface area contributed by atoms with Gasteiger partial charge in [0.2, 0.25) is 15.9 Å². The first-order valence-electron chi connectivity index (χ1n) is 10.6. The Hall–Kier alpha value is -2.45. The van der Waals surface area contributed by atoms with E-state index in [1.807, 2.05) is 64.0 Å². The summed E-state index contributed by atoms with van der Waals surface area (Å²) in [7, 11) is 0.278. The van der Waals surface area contributed by atoms with E-state index in [4.69, 9.17) is 0 Å². The maximum Gasteiger partial charge on any atom is 0.243 e. The summed E-state index contributed by atoms with van der Waals surface area (Å²) in [6.07, 6.45) is 2.78. The van der Waals surface area contributed by atoms with Crippen LogP contribution in [0.15, 0.2) is 35.4 Å². The number of amides is 1. The number of pyridine rings is 1. The summed E-state index contributed by atoms with van der Waals surface area (Å²) < 4.78 is 28.0. The van der Waals surface area contributed by atoms with Gasteiger partial charge in [0.05, 0.1) is 4.90 Å². The van der Waals surface area contributed by atoms with Gasteiger partial charge in [-0.1, -0.05) is 17.7 Å². The molecule has 7 nitrogen and oxygen atoms in total. The summed E-state index contributed by atoms with van der Waals surface area (Å²) in [4.78, 5) is 19.3. The molecule has 1 amide bonds. The van der Waals surface area contributed by atoms with Gasteiger partial charge in [0.1, 0.15) is 5.82 Å². The fourth-order valence-corrected chi connectivity index (χ4v) is 6.09. The van der Waals surface area contributed by atoms with Crippen molar-refractivity contribution < 1.29 is 13.2 Å². The summed E-state index contributed by atoms with van der Waals surface area (Å²) in [6, 6.07) is 7.64. The summed E-state index contributed by atoms with van der Waals surface area (Å²) in [5.74, 6) is 0.636. The third-order valence-electron chi connectivity index (χ3n) is 5.76. The van der Waals surface area contributed by atoms with Crippen molar-refractivity contribution in [1.29, 1.82) is 0 Å². The fourth-order valence-electron chi connectivity index (χ4n) is 4.21. The number of anilines is 1. The molecule has 168 valence electrons. The molecule has 1 fully saturated rings. The van der Waals surface area contributed by atoms with E-state index in [1.165, 1.54) is 4.31 Å². The van der Waals surface area contributed by atoms with Crippen LogP contribution in [0.3, 0.4) is 0 Å². The molecule has 0 saturated carbocycles. The van der Waals surface area contributed by atoms with E-state index in [-0.39, 0.29) is 11.8 Å². The Labute approximate surface area is 185 Å². The highest BCUT2D eigenvalue weighted by molar-refractivity contribution is 7.89. The Morgan fingerprint density at radius 2 is 1.74 bits per heavy atom. The summed E-state index contributed by atoms with van der Waals surface area (Å²) in [6.45, 7) is 6.79. The maximum atomic E-state index is 13.2. The lowest BCUT2D eigenvalue weighted by molar-refractivity contribution is -0.126. The highest BCUT2D eigenvalue weighted by atomic mass is 32.2. The van der Waals surface area contributed by atoms with Crippen LogP contribution in [0.2, 0.25) is 0 Å². The molecule has 2 heterocycles. The molecule has 2 aromatic rings. The quantitative estimate of drug-likeness (QED) is 0.741. The van der Waals surface area contributed by atoms with Crippen LogP contribution in [0.1, 0.15) is 35.1 Å². The zero-order valence-electron chi connectivity index (χ0n) is 19.0. The Balaban J connectivity index is 1.60. The van der Waals surface area contributed by atoms with Gasteiger partial charge < -0.3 is 10.2 Å². The van der Waals surface area contributed by atoms with Crippen LogP contribution in [0.5, 0.6) is 0 Å². The van der Waals surface area contributed by atoms with Gasteiger partial charge in [-0.05, 0) is 62.4 Å². The van der Waals surface area contributed by atoms with Gasteiger partial charge >= 0.3 is 0 Å². The molecule has 0 aliphatic carbocycles. The zero-order chi connectivity index (χ0) is 22.8. The summed E-state index contributed by atoms with van der Waals surface area (Å²) in [5.41, 5.74) is 3.58. The lowest BCUT2D eigenvalue weighted by atomic mass is 9.97. The molecular formula is C23H32N4O3S. The lowest BCUT2D eigenvalue weighted by Crippen LogP contribution is -2.43. The predicted octanol–water partition coefficient (Wildman–Crippen LogP) is 2.79. The number of benzene rings is 1. The Kier molecular flexibility index (Phi) is 7.01. The molecule has 0 spiro atoms. The highest BCUT2D eigenvalue weighted by Gasteiger charge is 2.33. The molecule has 1 N–H and O–H groups in total. The minimum Gasteiger partial charge on any atom is -0.363 e. The van der Waals surface area contributed by atoms with Crippen molar-refractivity contribution in [2.24, 2.45) is 5.92 Å². The maximum absolute atomic E-state index is 13.2. The van der Waals surface area contributed by atoms with E-state index in [0.717, 1.165) is 28.1 Å². The van der Waals surface area contributed by atoms with Gasteiger partial charge in [-0.2, -0.15) is 4.31 Å². The monoisotopic (exact) mass is 444 g/mol. The van der Waals surface area contributed by atoms with Crippen molar-refractivity contribution >= 4 is 21.7 Å². The Morgan fingerprint density at radius 3 is 2.32 bits per heavy atom. The number of carbonyl (C=O) groups is 1. The fraction of sp³-hybridized carbons (Fsp3) is 0.478. The molecule has 1 aromatic heterocycles. The molecule has 31 heavy (non-hydrogen) atoms. The first-order chi connectivity index (χ1) is 14.6. The van der Waals surface area contributed by atoms with E-state index in [9.17, 15) is 13.2 Å². The Morgan fingerprint density at radius 1 is 1.13 bits per heavy atom. The molecule has 1 aliphatic heterocycles. The number of hydrogen-bond donors (Lipinski definition) is 1. The number of aryl methyl sites for hydroxylation is 3. The van der Waals surface area contributed by atoms with Crippen LogP contribution < -0.4 is 10.2 Å².